The van der Waals surface area contributed by atoms with Crippen LogP contribution < -0.4 is 5.32 Å². The number of benzene rings is 1. The van der Waals surface area contributed by atoms with E-state index in [-0.39, 0.29) is 5.82 Å². The smallest absolute Gasteiger partial charge is 0.123 e. The molecule has 0 spiro atoms. The summed E-state index contributed by atoms with van der Waals surface area (Å²) in [5, 5.41) is 14.5. The molecule has 0 bridgehead atoms. The van der Waals surface area contributed by atoms with Gasteiger partial charge in [0.25, 0.3) is 0 Å². The van der Waals surface area contributed by atoms with Crippen molar-refractivity contribution in [2.45, 2.75) is 43.7 Å². The molecule has 0 radical (unpaired) electrons. The molecule has 4 rings (SSSR count). The number of halogens is 1. The fourth-order valence-electron chi connectivity index (χ4n) is 4.02. The van der Waals surface area contributed by atoms with Crippen molar-refractivity contribution in [2.24, 2.45) is 11.8 Å². The summed E-state index contributed by atoms with van der Waals surface area (Å²) in [6.45, 7) is 2.11. The van der Waals surface area contributed by atoms with E-state index in [1.165, 1.54) is 25.3 Å². The summed E-state index contributed by atoms with van der Waals surface area (Å²) in [6, 6.07) is 5.09. The Morgan fingerprint density at radius 3 is 3.00 bits per heavy atom. The van der Waals surface area contributed by atoms with E-state index in [4.69, 9.17) is 4.74 Å². The van der Waals surface area contributed by atoms with Gasteiger partial charge >= 0.3 is 0 Å². The van der Waals surface area contributed by atoms with E-state index in [0.717, 1.165) is 36.7 Å². The zero-order chi connectivity index (χ0) is 15.2. The van der Waals surface area contributed by atoms with E-state index in [1.807, 2.05) is 0 Å². The molecule has 3 nitrogen and oxygen atoms in total. The van der Waals surface area contributed by atoms with Crippen LogP contribution in [-0.4, -0.2) is 30.9 Å². The minimum absolute atomic E-state index is 0.218. The Labute approximate surface area is 130 Å². The molecule has 3 atom stereocenters. The van der Waals surface area contributed by atoms with Crippen LogP contribution in [0.3, 0.4) is 0 Å². The van der Waals surface area contributed by atoms with Gasteiger partial charge in [0, 0.05) is 18.5 Å². The third kappa shape index (κ3) is 2.80. The van der Waals surface area contributed by atoms with Crippen molar-refractivity contribution < 1.29 is 14.2 Å². The molecule has 2 N–H and O–H groups in total. The summed E-state index contributed by atoms with van der Waals surface area (Å²) in [5.74, 6) is 1.25. The average molecular weight is 305 g/mol. The first-order valence-electron chi connectivity index (χ1n) is 8.46. The Bertz CT molecular complexity index is 560. The molecule has 1 saturated heterocycles. The maximum absolute atomic E-state index is 13.3. The lowest BCUT2D eigenvalue weighted by Crippen LogP contribution is -2.44. The lowest BCUT2D eigenvalue weighted by atomic mass is 9.93. The SMILES string of the molecule is OC1(CNC2COCC2CC2CC2)CCc2cc(F)ccc21. The third-order valence-electron chi connectivity index (χ3n) is 5.56. The highest BCUT2D eigenvalue weighted by molar-refractivity contribution is 5.38. The van der Waals surface area contributed by atoms with Crippen LogP contribution in [0, 0.1) is 17.7 Å². The van der Waals surface area contributed by atoms with Crippen molar-refractivity contribution in [2.75, 3.05) is 19.8 Å². The summed E-state index contributed by atoms with van der Waals surface area (Å²) in [6.07, 6.45) is 5.40. The monoisotopic (exact) mass is 305 g/mol. The highest BCUT2D eigenvalue weighted by Crippen LogP contribution is 2.39. The second-order valence-corrected chi connectivity index (χ2v) is 7.30. The number of nitrogens with one attached hydrogen (secondary N) is 1. The molecule has 1 aliphatic heterocycles. The number of ether oxygens (including phenoxy) is 1. The molecule has 3 unspecified atom stereocenters. The number of hydrogen-bond donors (Lipinski definition) is 2. The summed E-state index contributed by atoms with van der Waals surface area (Å²) in [7, 11) is 0. The standard InChI is InChI=1S/C18H24FNO2/c19-15-3-4-16-13(8-15)5-6-18(16,21)11-20-17-10-22-9-14(17)7-12-1-2-12/h3-4,8,12,14,17,20-21H,1-2,5-7,9-11H2. The van der Waals surface area contributed by atoms with Gasteiger partial charge in [0.1, 0.15) is 11.4 Å². The van der Waals surface area contributed by atoms with Crippen LogP contribution in [0.4, 0.5) is 4.39 Å². The first-order chi connectivity index (χ1) is 10.6. The molecular weight excluding hydrogens is 281 g/mol. The van der Waals surface area contributed by atoms with Gasteiger partial charge in [0.2, 0.25) is 0 Å². The molecule has 0 amide bonds. The van der Waals surface area contributed by atoms with Gasteiger partial charge in [-0.3, -0.25) is 0 Å². The van der Waals surface area contributed by atoms with Crippen LogP contribution >= 0.6 is 0 Å². The predicted molar refractivity (Wildman–Crippen MR) is 82.1 cm³/mol. The third-order valence-corrected chi connectivity index (χ3v) is 5.56. The van der Waals surface area contributed by atoms with Crippen LogP contribution in [0.15, 0.2) is 18.2 Å². The van der Waals surface area contributed by atoms with Gasteiger partial charge in [0.05, 0.1) is 13.2 Å². The van der Waals surface area contributed by atoms with Crippen LogP contribution in [0.5, 0.6) is 0 Å². The van der Waals surface area contributed by atoms with E-state index in [0.29, 0.717) is 24.9 Å². The first kappa shape index (κ1) is 14.6. The zero-order valence-electron chi connectivity index (χ0n) is 12.9. The number of aryl methyl sites for hydroxylation is 1. The summed E-state index contributed by atoms with van der Waals surface area (Å²) >= 11 is 0. The summed E-state index contributed by atoms with van der Waals surface area (Å²) in [5.41, 5.74) is 0.969. The maximum Gasteiger partial charge on any atom is 0.123 e. The number of rotatable bonds is 5. The van der Waals surface area contributed by atoms with Gasteiger partial charge in [-0.05, 0) is 48.4 Å². The van der Waals surface area contributed by atoms with Gasteiger partial charge in [-0.15, -0.1) is 0 Å². The van der Waals surface area contributed by atoms with Crippen LogP contribution in [0.2, 0.25) is 0 Å². The van der Waals surface area contributed by atoms with Crippen molar-refractivity contribution >= 4 is 0 Å². The molecule has 1 heterocycles. The largest absolute Gasteiger partial charge is 0.384 e. The van der Waals surface area contributed by atoms with Crippen molar-refractivity contribution in [3.8, 4) is 0 Å². The van der Waals surface area contributed by atoms with Gasteiger partial charge in [-0.25, -0.2) is 4.39 Å². The van der Waals surface area contributed by atoms with Gasteiger partial charge in [-0.2, -0.15) is 0 Å². The normalized spacial score (nSPS) is 34.1. The molecule has 22 heavy (non-hydrogen) atoms. The molecule has 2 aliphatic carbocycles. The second-order valence-electron chi connectivity index (χ2n) is 7.30. The quantitative estimate of drug-likeness (QED) is 0.877. The van der Waals surface area contributed by atoms with Gasteiger partial charge < -0.3 is 15.2 Å². The maximum atomic E-state index is 13.3. The first-order valence-corrected chi connectivity index (χ1v) is 8.46. The Kier molecular flexibility index (Phi) is 3.71. The summed E-state index contributed by atoms with van der Waals surface area (Å²) < 4.78 is 18.9. The lowest BCUT2D eigenvalue weighted by Gasteiger charge is -2.28. The molecule has 120 valence electrons. The van der Waals surface area contributed by atoms with Crippen LogP contribution in [0.1, 0.15) is 36.8 Å². The molecule has 4 heteroatoms. The van der Waals surface area contributed by atoms with E-state index in [1.54, 1.807) is 12.1 Å². The van der Waals surface area contributed by atoms with E-state index in [9.17, 15) is 9.50 Å². The topological polar surface area (TPSA) is 41.5 Å². The van der Waals surface area contributed by atoms with Crippen molar-refractivity contribution in [3.05, 3.63) is 35.1 Å². The van der Waals surface area contributed by atoms with E-state index < -0.39 is 5.60 Å². The van der Waals surface area contributed by atoms with Crippen LogP contribution in [-0.2, 0) is 16.8 Å². The van der Waals surface area contributed by atoms with Gasteiger partial charge in [0.15, 0.2) is 0 Å². The van der Waals surface area contributed by atoms with E-state index in [2.05, 4.69) is 5.32 Å². The number of hydrogen-bond acceptors (Lipinski definition) is 3. The highest BCUT2D eigenvalue weighted by atomic mass is 19.1. The number of fused-ring (bicyclic) bond motifs is 1. The molecule has 1 aromatic rings. The molecule has 0 aromatic heterocycles. The Balaban J connectivity index is 1.41. The minimum atomic E-state index is -0.865. The fourth-order valence-corrected chi connectivity index (χ4v) is 4.02. The average Bonchev–Trinajstić information content (AvgIpc) is 3.11. The van der Waals surface area contributed by atoms with Crippen molar-refractivity contribution in [1.29, 1.82) is 0 Å². The number of aliphatic hydroxyl groups is 1. The Morgan fingerprint density at radius 1 is 1.32 bits per heavy atom. The zero-order valence-corrected chi connectivity index (χ0v) is 12.9. The van der Waals surface area contributed by atoms with Crippen molar-refractivity contribution in [3.63, 3.8) is 0 Å². The predicted octanol–water partition coefficient (Wildman–Crippen LogP) is 2.36. The lowest BCUT2D eigenvalue weighted by molar-refractivity contribution is 0.0342. The molecular formula is C18H24FNO2. The van der Waals surface area contributed by atoms with Gasteiger partial charge in [-0.1, -0.05) is 18.9 Å². The fraction of sp³-hybridized carbons (Fsp3) is 0.667. The van der Waals surface area contributed by atoms with E-state index >= 15 is 0 Å². The highest BCUT2D eigenvalue weighted by Gasteiger charge is 2.39. The molecule has 3 aliphatic rings. The molecule has 1 aromatic carbocycles. The Morgan fingerprint density at radius 2 is 2.18 bits per heavy atom. The van der Waals surface area contributed by atoms with Crippen LogP contribution in [0.25, 0.3) is 0 Å². The Hall–Kier alpha value is -0.970. The second kappa shape index (κ2) is 5.59. The summed E-state index contributed by atoms with van der Waals surface area (Å²) in [4.78, 5) is 0. The van der Waals surface area contributed by atoms with Crippen molar-refractivity contribution in [1.82, 2.24) is 5.32 Å². The molecule has 1 saturated carbocycles. The minimum Gasteiger partial charge on any atom is -0.384 e. The molecule has 2 fully saturated rings.